The lowest BCUT2D eigenvalue weighted by Crippen LogP contribution is -2.27. The molecular weight excluding hydrogens is 470 g/mol. The van der Waals surface area contributed by atoms with Crippen LogP contribution in [-0.2, 0) is 4.79 Å². The van der Waals surface area contributed by atoms with Gasteiger partial charge in [0.2, 0.25) is 0 Å². The van der Waals surface area contributed by atoms with Crippen molar-refractivity contribution in [1.82, 2.24) is 0 Å². The molecule has 2 aromatic carbocycles. The molecule has 2 heterocycles. The Balaban J connectivity index is 1.60. The van der Waals surface area contributed by atoms with Crippen molar-refractivity contribution < 1.29 is 23.8 Å². The Morgan fingerprint density at radius 2 is 2.00 bits per heavy atom. The van der Waals surface area contributed by atoms with Gasteiger partial charge in [0, 0.05) is 11.6 Å². The summed E-state index contributed by atoms with van der Waals surface area (Å²) in [6.45, 7) is 1.81. The number of hydrogen-bond donors (Lipinski definition) is 1. The average molecular weight is 486 g/mol. The maximum atomic E-state index is 13.0. The van der Waals surface area contributed by atoms with Gasteiger partial charge in [-0.2, -0.15) is 0 Å². The lowest BCUT2D eigenvalue weighted by Gasteiger charge is -2.15. The number of hydrogen-bond acceptors (Lipinski definition) is 6. The van der Waals surface area contributed by atoms with E-state index in [-0.39, 0.29) is 11.5 Å². The van der Waals surface area contributed by atoms with Crippen LogP contribution in [0.15, 0.2) is 57.9 Å². The predicted molar refractivity (Wildman–Crippen MR) is 129 cm³/mol. The van der Waals surface area contributed by atoms with Crippen molar-refractivity contribution in [3.8, 4) is 17.1 Å². The van der Waals surface area contributed by atoms with Crippen molar-refractivity contribution in [2.75, 3.05) is 12.0 Å². The van der Waals surface area contributed by atoms with Crippen molar-refractivity contribution in [3.63, 3.8) is 0 Å². The van der Waals surface area contributed by atoms with Crippen LogP contribution < -0.4 is 9.64 Å². The third-order valence-electron chi connectivity index (χ3n) is 4.83. The van der Waals surface area contributed by atoms with Crippen molar-refractivity contribution in [2.45, 2.75) is 6.92 Å². The molecule has 0 unspecified atom stereocenters. The molecule has 9 heteroatoms. The number of aromatic carboxylic acids is 1. The van der Waals surface area contributed by atoms with E-state index in [1.807, 2.05) is 6.92 Å². The fourth-order valence-electron chi connectivity index (χ4n) is 3.26. The fourth-order valence-corrected chi connectivity index (χ4v) is 4.79. The normalized spacial score (nSPS) is 15.0. The van der Waals surface area contributed by atoms with Crippen molar-refractivity contribution in [2.24, 2.45) is 0 Å². The van der Waals surface area contributed by atoms with Gasteiger partial charge in [-0.1, -0.05) is 41.6 Å². The molecule has 6 nitrogen and oxygen atoms in total. The highest BCUT2D eigenvalue weighted by Gasteiger charge is 2.34. The molecule has 1 N–H and O–H groups in total. The van der Waals surface area contributed by atoms with E-state index in [9.17, 15) is 9.59 Å². The van der Waals surface area contributed by atoms with E-state index >= 15 is 0 Å². The third kappa shape index (κ3) is 4.17. The summed E-state index contributed by atoms with van der Waals surface area (Å²) in [5.74, 6) is 0.297. The highest BCUT2D eigenvalue weighted by molar-refractivity contribution is 8.27. The first kappa shape index (κ1) is 22.1. The number of halogens is 1. The van der Waals surface area contributed by atoms with E-state index in [0.29, 0.717) is 37.2 Å². The van der Waals surface area contributed by atoms with Gasteiger partial charge in [0.25, 0.3) is 5.91 Å². The number of aryl methyl sites for hydroxylation is 1. The number of thioether (sulfide) groups is 1. The number of rotatable bonds is 5. The van der Waals surface area contributed by atoms with Gasteiger partial charge in [-0.15, -0.1) is 0 Å². The molecule has 0 aliphatic carbocycles. The van der Waals surface area contributed by atoms with E-state index in [1.165, 1.54) is 29.8 Å². The number of amides is 1. The molecule has 0 spiro atoms. The average Bonchev–Trinajstić information content (AvgIpc) is 3.32. The Bertz CT molecular complexity index is 1300. The molecule has 0 radical (unpaired) electrons. The number of thiocarbonyl (C=S) groups is 1. The van der Waals surface area contributed by atoms with Gasteiger partial charge in [-0.05, 0) is 55.0 Å². The molecule has 1 aliphatic heterocycles. The molecule has 1 fully saturated rings. The molecule has 32 heavy (non-hydrogen) atoms. The summed E-state index contributed by atoms with van der Waals surface area (Å²) in [5, 5.41) is 9.51. The number of furan rings is 1. The first-order valence-corrected chi connectivity index (χ1v) is 10.9. The minimum absolute atomic E-state index is 0.209. The van der Waals surface area contributed by atoms with Crippen LogP contribution in [0.25, 0.3) is 17.4 Å². The Morgan fingerprint density at radius 1 is 1.22 bits per heavy atom. The van der Waals surface area contributed by atoms with E-state index in [2.05, 4.69) is 0 Å². The zero-order valence-electron chi connectivity index (χ0n) is 16.9. The maximum Gasteiger partial charge on any atom is 0.335 e. The van der Waals surface area contributed by atoms with Gasteiger partial charge in [-0.25, -0.2) is 4.79 Å². The van der Waals surface area contributed by atoms with Crippen molar-refractivity contribution >= 4 is 63.5 Å². The maximum absolute atomic E-state index is 13.0. The van der Waals surface area contributed by atoms with Crippen LogP contribution in [-0.4, -0.2) is 28.4 Å². The largest absolute Gasteiger partial charge is 0.495 e. The highest BCUT2D eigenvalue weighted by Crippen LogP contribution is 2.39. The van der Waals surface area contributed by atoms with Crippen LogP contribution in [0, 0.1) is 6.92 Å². The smallest absolute Gasteiger partial charge is 0.335 e. The van der Waals surface area contributed by atoms with Crippen LogP contribution in [0.3, 0.4) is 0 Å². The Hall–Kier alpha value is -3.07. The van der Waals surface area contributed by atoms with Crippen LogP contribution in [0.2, 0.25) is 5.02 Å². The zero-order valence-corrected chi connectivity index (χ0v) is 19.3. The summed E-state index contributed by atoms with van der Waals surface area (Å²) < 4.78 is 11.4. The summed E-state index contributed by atoms with van der Waals surface area (Å²) in [7, 11) is 1.52. The molecule has 0 saturated carbocycles. The van der Waals surface area contributed by atoms with E-state index in [4.69, 9.17) is 38.1 Å². The molecule has 0 atom stereocenters. The van der Waals surface area contributed by atoms with Crippen LogP contribution >= 0.6 is 35.6 Å². The number of ether oxygens (including phenoxy) is 1. The minimum Gasteiger partial charge on any atom is -0.495 e. The highest BCUT2D eigenvalue weighted by atomic mass is 35.5. The molecule has 0 bridgehead atoms. The number of carbonyl (C=O) groups is 2. The zero-order chi connectivity index (χ0) is 23.0. The van der Waals surface area contributed by atoms with Gasteiger partial charge in [0.05, 0.1) is 28.3 Å². The lowest BCUT2D eigenvalue weighted by molar-refractivity contribution is -0.113. The Labute approximate surface area is 198 Å². The first-order valence-electron chi connectivity index (χ1n) is 9.34. The number of carboxylic acids is 1. The number of methoxy groups -OCH3 is 1. The quantitative estimate of drug-likeness (QED) is 0.349. The van der Waals surface area contributed by atoms with Crippen LogP contribution in [0.1, 0.15) is 21.7 Å². The molecular formula is C23H16ClNO5S2. The van der Waals surface area contributed by atoms with Gasteiger partial charge < -0.3 is 14.3 Å². The van der Waals surface area contributed by atoms with E-state index in [0.717, 1.165) is 11.1 Å². The van der Waals surface area contributed by atoms with Gasteiger partial charge in [0.15, 0.2) is 4.32 Å². The van der Waals surface area contributed by atoms with E-state index < -0.39 is 5.97 Å². The predicted octanol–water partition coefficient (Wildman–Crippen LogP) is 6.02. The minimum atomic E-state index is -0.986. The van der Waals surface area contributed by atoms with Gasteiger partial charge in [-0.3, -0.25) is 9.69 Å². The topological polar surface area (TPSA) is 80.0 Å². The number of anilines is 1. The Kier molecular flexibility index (Phi) is 6.10. The monoisotopic (exact) mass is 485 g/mol. The number of carbonyl (C=O) groups excluding carboxylic acids is 1. The van der Waals surface area contributed by atoms with Crippen molar-refractivity contribution in [1.29, 1.82) is 0 Å². The Morgan fingerprint density at radius 3 is 2.66 bits per heavy atom. The molecule has 1 saturated heterocycles. The summed E-state index contributed by atoms with van der Waals surface area (Å²) >= 11 is 12.8. The second-order valence-electron chi connectivity index (χ2n) is 6.87. The van der Waals surface area contributed by atoms with Crippen LogP contribution in [0.4, 0.5) is 5.69 Å². The van der Waals surface area contributed by atoms with Crippen LogP contribution in [0.5, 0.6) is 5.75 Å². The number of benzene rings is 2. The molecule has 162 valence electrons. The van der Waals surface area contributed by atoms with E-state index in [1.54, 1.807) is 48.5 Å². The first-order chi connectivity index (χ1) is 15.3. The third-order valence-corrected chi connectivity index (χ3v) is 6.42. The second-order valence-corrected chi connectivity index (χ2v) is 8.96. The van der Waals surface area contributed by atoms with Gasteiger partial charge >= 0.3 is 5.97 Å². The van der Waals surface area contributed by atoms with Crippen molar-refractivity contribution in [3.05, 3.63) is 75.3 Å². The summed E-state index contributed by atoms with van der Waals surface area (Å²) in [6, 6.07) is 13.4. The molecule has 3 aromatic rings. The summed E-state index contributed by atoms with van der Waals surface area (Å²) in [5.41, 5.74) is 2.31. The molecule has 1 amide bonds. The standard InChI is InChI=1S/C23H16ClNO5S2/c1-12-9-13(22(27)28)3-6-16(12)18-8-5-15(30-18)11-20-21(26)25(23(31)32-20)14-4-7-19(29-2)17(24)10-14/h3-11H,1-2H3,(H,27,28)/b20-11-. The molecule has 1 aliphatic rings. The SMILES string of the molecule is COc1ccc(N2C(=O)/C(=C/c3ccc(-c4ccc(C(=O)O)cc4C)o3)SC2=S)cc1Cl. The molecule has 4 rings (SSSR count). The summed E-state index contributed by atoms with van der Waals surface area (Å²) in [6.07, 6.45) is 1.63. The number of carboxylic acid groups (broad SMARTS) is 1. The number of nitrogens with zero attached hydrogens (tertiary/aromatic N) is 1. The lowest BCUT2D eigenvalue weighted by atomic mass is 10.0. The molecule has 1 aromatic heterocycles. The summed E-state index contributed by atoms with van der Waals surface area (Å²) in [4.78, 5) is 26.0. The van der Waals surface area contributed by atoms with Gasteiger partial charge in [0.1, 0.15) is 17.3 Å². The second kappa shape index (κ2) is 8.82. The fraction of sp³-hybridized carbons (Fsp3) is 0.0870.